The van der Waals surface area contributed by atoms with Gasteiger partial charge in [0.15, 0.2) is 5.17 Å². The summed E-state index contributed by atoms with van der Waals surface area (Å²) in [4.78, 5) is 4.77. The number of aliphatic imine (C=N–C) groups is 1. The molecule has 3 aliphatic rings. The van der Waals surface area contributed by atoms with Crippen molar-refractivity contribution in [3.63, 3.8) is 0 Å². The SMILES string of the molecule is CC1CCCC2(CSC(=NCC3CCOC3)N2)C1. The average molecular weight is 268 g/mol. The summed E-state index contributed by atoms with van der Waals surface area (Å²) in [5.74, 6) is 2.74. The highest BCUT2D eigenvalue weighted by molar-refractivity contribution is 8.14. The number of nitrogens with zero attached hydrogens (tertiary/aromatic N) is 1. The van der Waals surface area contributed by atoms with Crippen LogP contribution in [0.3, 0.4) is 0 Å². The molecule has 1 saturated carbocycles. The highest BCUT2D eigenvalue weighted by atomic mass is 32.2. The van der Waals surface area contributed by atoms with Crippen LogP contribution in [0.1, 0.15) is 39.0 Å². The molecule has 0 aromatic carbocycles. The molecule has 0 radical (unpaired) electrons. The van der Waals surface area contributed by atoms with Gasteiger partial charge in [-0.05, 0) is 25.2 Å². The molecule has 1 spiro atoms. The van der Waals surface area contributed by atoms with E-state index in [1.165, 1.54) is 43.0 Å². The van der Waals surface area contributed by atoms with Gasteiger partial charge in [-0.3, -0.25) is 4.99 Å². The maximum Gasteiger partial charge on any atom is 0.157 e. The Morgan fingerprint density at radius 1 is 1.50 bits per heavy atom. The quantitative estimate of drug-likeness (QED) is 0.836. The molecule has 2 aliphatic heterocycles. The van der Waals surface area contributed by atoms with Crippen LogP contribution in [0.5, 0.6) is 0 Å². The first kappa shape index (κ1) is 12.8. The minimum atomic E-state index is 0.368. The Labute approximate surface area is 114 Å². The van der Waals surface area contributed by atoms with Gasteiger partial charge in [-0.25, -0.2) is 0 Å². The number of ether oxygens (including phenoxy) is 1. The van der Waals surface area contributed by atoms with Crippen molar-refractivity contribution in [2.75, 3.05) is 25.5 Å². The summed E-state index contributed by atoms with van der Waals surface area (Å²) in [6, 6.07) is 0. The van der Waals surface area contributed by atoms with E-state index in [4.69, 9.17) is 9.73 Å². The van der Waals surface area contributed by atoms with E-state index < -0.39 is 0 Å². The van der Waals surface area contributed by atoms with Gasteiger partial charge in [0.2, 0.25) is 0 Å². The van der Waals surface area contributed by atoms with Crippen molar-refractivity contribution in [3.05, 3.63) is 0 Å². The smallest absolute Gasteiger partial charge is 0.157 e. The minimum Gasteiger partial charge on any atom is -0.381 e. The van der Waals surface area contributed by atoms with Crippen molar-refractivity contribution < 1.29 is 4.74 Å². The third-order valence-corrected chi connectivity index (χ3v) is 5.67. The molecular formula is C14H24N2OS. The van der Waals surface area contributed by atoms with Crippen LogP contribution in [0.4, 0.5) is 0 Å². The first-order chi connectivity index (χ1) is 8.76. The Morgan fingerprint density at radius 2 is 2.44 bits per heavy atom. The number of amidine groups is 1. The van der Waals surface area contributed by atoms with Crippen LogP contribution in [0.25, 0.3) is 0 Å². The predicted molar refractivity (Wildman–Crippen MR) is 77.2 cm³/mol. The molecule has 2 heterocycles. The van der Waals surface area contributed by atoms with E-state index in [-0.39, 0.29) is 0 Å². The lowest BCUT2D eigenvalue weighted by atomic mass is 9.78. The van der Waals surface area contributed by atoms with Gasteiger partial charge < -0.3 is 10.1 Å². The second kappa shape index (κ2) is 5.41. The number of thioether (sulfide) groups is 1. The second-order valence-electron chi connectivity index (χ2n) is 6.27. The standard InChI is InChI=1S/C14H24N2OS/c1-11-3-2-5-14(7-11)10-18-13(16-14)15-8-12-4-6-17-9-12/h11-12H,2-10H2,1H3,(H,15,16). The van der Waals surface area contributed by atoms with E-state index in [0.29, 0.717) is 11.5 Å². The van der Waals surface area contributed by atoms with Crippen LogP contribution in [0, 0.1) is 11.8 Å². The van der Waals surface area contributed by atoms with Crippen LogP contribution in [-0.4, -0.2) is 36.2 Å². The highest BCUT2D eigenvalue weighted by Gasteiger charge is 2.40. The Morgan fingerprint density at radius 3 is 3.22 bits per heavy atom. The van der Waals surface area contributed by atoms with E-state index in [1.807, 2.05) is 11.8 Å². The van der Waals surface area contributed by atoms with Crippen molar-refractivity contribution in [1.29, 1.82) is 0 Å². The minimum absolute atomic E-state index is 0.368. The van der Waals surface area contributed by atoms with Crippen molar-refractivity contribution in [2.45, 2.75) is 44.6 Å². The fourth-order valence-corrected chi connectivity index (χ4v) is 4.64. The molecule has 3 nitrogen and oxygen atoms in total. The molecule has 0 aromatic rings. The van der Waals surface area contributed by atoms with Crippen LogP contribution in [-0.2, 0) is 4.74 Å². The normalized spacial score (nSPS) is 42.6. The lowest BCUT2D eigenvalue weighted by molar-refractivity contribution is 0.187. The summed E-state index contributed by atoms with van der Waals surface area (Å²) >= 11 is 1.93. The van der Waals surface area contributed by atoms with Gasteiger partial charge >= 0.3 is 0 Å². The van der Waals surface area contributed by atoms with Crippen molar-refractivity contribution >= 4 is 16.9 Å². The zero-order chi connectivity index (χ0) is 12.4. The van der Waals surface area contributed by atoms with Gasteiger partial charge in [0.1, 0.15) is 0 Å². The maximum absolute atomic E-state index is 5.40. The van der Waals surface area contributed by atoms with Crippen molar-refractivity contribution in [3.8, 4) is 0 Å². The highest BCUT2D eigenvalue weighted by Crippen LogP contribution is 2.38. The molecular weight excluding hydrogens is 244 g/mol. The number of hydrogen-bond acceptors (Lipinski definition) is 3. The van der Waals surface area contributed by atoms with E-state index >= 15 is 0 Å². The number of hydrogen-bond donors (Lipinski definition) is 1. The summed E-state index contributed by atoms with van der Waals surface area (Å²) in [7, 11) is 0. The third-order valence-electron chi connectivity index (χ3n) is 4.47. The molecule has 102 valence electrons. The van der Waals surface area contributed by atoms with E-state index in [9.17, 15) is 0 Å². The zero-order valence-electron chi connectivity index (χ0n) is 11.3. The van der Waals surface area contributed by atoms with Crippen LogP contribution in [0.2, 0.25) is 0 Å². The summed E-state index contributed by atoms with van der Waals surface area (Å²) < 4.78 is 5.40. The van der Waals surface area contributed by atoms with Crippen LogP contribution < -0.4 is 5.32 Å². The van der Waals surface area contributed by atoms with Gasteiger partial charge in [0.25, 0.3) is 0 Å². The van der Waals surface area contributed by atoms with E-state index in [0.717, 1.165) is 25.7 Å². The molecule has 0 amide bonds. The third kappa shape index (κ3) is 2.85. The summed E-state index contributed by atoms with van der Waals surface area (Å²) in [5.41, 5.74) is 0.368. The number of nitrogens with one attached hydrogen (secondary N) is 1. The molecule has 3 atom stereocenters. The van der Waals surface area contributed by atoms with Crippen LogP contribution in [0.15, 0.2) is 4.99 Å². The molecule has 0 aromatic heterocycles. The van der Waals surface area contributed by atoms with Gasteiger partial charge in [0, 0.05) is 30.4 Å². The lowest BCUT2D eigenvalue weighted by Crippen LogP contribution is -2.47. The largest absolute Gasteiger partial charge is 0.381 e. The van der Waals surface area contributed by atoms with E-state index in [1.54, 1.807) is 0 Å². The monoisotopic (exact) mass is 268 g/mol. The van der Waals surface area contributed by atoms with Crippen molar-refractivity contribution in [2.24, 2.45) is 16.8 Å². The maximum atomic E-state index is 5.40. The van der Waals surface area contributed by atoms with Crippen molar-refractivity contribution in [1.82, 2.24) is 5.32 Å². The summed E-state index contributed by atoms with van der Waals surface area (Å²) in [5, 5.41) is 4.92. The van der Waals surface area contributed by atoms with Crippen LogP contribution >= 0.6 is 11.8 Å². The topological polar surface area (TPSA) is 33.6 Å². The molecule has 1 N–H and O–H groups in total. The first-order valence-electron chi connectivity index (χ1n) is 7.29. The molecule has 4 heteroatoms. The fraction of sp³-hybridized carbons (Fsp3) is 0.929. The second-order valence-corrected chi connectivity index (χ2v) is 7.24. The molecule has 18 heavy (non-hydrogen) atoms. The molecule has 3 rings (SSSR count). The summed E-state index contributed by atoms with van der Waals surface area (Å²) in [6.45, 7) is 5.17. The average Bonchev–Trinajstić information content (AvgIpc) is 2.97. The Balaban J connectivity index is 1.55. The molecule has 3 fully saturated rings. The lowest BCUT2D eigenvalue weighted by Gasteiger charge is -2.36. The van der Waals surface area contributed by atoms with E-state index in [2.05, 4.69) is 12.2 Å². The van der Waals surface area contributed by atoms with Gasteiger partial charge in [-0.1, -0.05) is 31.5 Å². The van der Waals surface area contributed by atoms with Gasteiger partial charge in [-0.2, -0.15) is 0 Å². The molecule has 1 aliphatic carbocycles. The first-order valence-corrected chi connectivity index (χ1v) is 8.27. The summed E-state index contributed by atoms with van der Waals surface area (Å²) in [6.07, 6.45) is 6.61. The predicted octanol–water partition coefficient (Wildman–Crippen LogP) is 2.66. The van der Waals surface area contributed by atoms with Gasteiger partial charge in [-0.15, -0.1) is 0 Å². The Hall–Kier alpha value is -0.220. The molecule has 0 bridgehead atoms. The molecule has 3 unspecified atom stereocenters. The molecule has 2 saturated heterocycles. The Bertz CT molecular complexity index is 328. The zero-order valence-corrected chi connectivity index (χ0v) is 12.1. The Kier molecular flexibility index (Phi) is 3.85. The van der Waals surface area contributed by atoms with Gasteiger partial charge in [0.05, 0.1) is 6.61 Å². The number of rotatable bonds is 2. The fourth-order valence-electron chi connectivity index (χ4n) is 3.43.